The van der Waals surface area contributed by atoms with E-state index in [0.717, 1.165) is 17.7 Å². The van der Waals surface area contributed by atoms with Crippen molar-refractivity contribution in [2.24, 2.45) is 0 Å². The second-order valence-corrected chi connectivity index (χ2v) is 7.74. The van der Waals surface area contributed by atoms with Crippen molar-refractivity contribution in [1.82, 2.24) is 0 Å². The minimum atomic E-state index is -0.889. The number of carbonyl (C=O) groups is 3. The lowest BCUT2D eigenvalue weighted by atomic mass is 10.2. The summed E-state index contributed by atoms with van der Waals surface area (Å²) < 4.78 is 5.75. The van der Waals surface area contributed by atoms with E-state index in [2.05, 4.69) is 0 Å². The summed E-state index contributed by atoms with van der Waals surface area (Å²) in [5, 5.41) is 0. The maximum atomic E-state index is 12.6. The molecule has 0 bridgehead atoms. The van der Waals surface area contributed by atoms with Gasteiger partial charge in [0.15, 0.2) is 11.9 Å². The Hall–Kier alpha value is -2.18. The van der Waals surface area contributed by atoms with Gasteiger partial charge in [0.25, 0.3) is 5.91 Å². The Morgan fingerprint density at radius 2 is 1.96 bits per heavy atom. The molecule has 1 aromatic carbocycles. The van der Waals surface area contributed by atoms with Gasteiger partial charge in [-0.05, 0) is 37.1 Å². The topological polar surface area (TPSA) is 63.7 Å². The zero-order chi connectivity index (χ0) is 18.7. The summed E-state index contributed by atoms with van der Waals surface area (Å²) in [6.07, 6.45) is -0.133. The van der Waals surface area contributed by atoms with E-state index in [1.807, 2.05) is 24.3 Å². The molecule has 1 aromatic heterocycles. The van der Waals surface area contributed by atoms with E-state index in [9.17, 15) is 14.4 Å². The van der Waals surface area contributed by atoms with E-state index >= 15 is 0 Å². The first-order chi connectivity index (χ1) is 12.5. The Kier molecular flexibility index (Phi) is 5.74. The van der Waals surface area contributed by atoms with Crippen LogP contribution in [0, 0.1) is 0 Å². The van der Waals surface area contributed by atoms with E-state index in [-0.39, 0.29) is 24.5 Å². The molecule has 0 unspecified atom stereocenters. The fourth-order valence-electron chi connectivity index (χ4n) is 2.90. The van der Waals surface area contributed by atoms with Gasteiger partial charge in [0.2, 0.25) is 0 Å². The summed E-state index contributed by atoms with van der Waals surface area (Å²) in [6.45, 7) is 2.14. The van der Waals surface area contributed by atoms with Crippen LogP contribution in [0.4, 0.5) is 5.69 Å². The number of fused-ring (bicyclic) bond motifs is 1. The van der Waals surface area contributed by atoms with E-state index in [1.165, 1.54) is 11.3 Å². The van der Waals surface area contributed by atoms with E-state index in [4.69, 9.17) is 16.3 Å². The number of hydrogen-bond donors (Lipinski definition) is 0. The van der Waals surface area contributed by atoms with Crippen LogP contribution in [0.1, 0.15) is 35.0 Å². The number of hydrogen-bond acceptors (Lipinski definition) is 5. The average Bonchev–Trinajstić information content (AvgIpc) is 3.25. The Labute approximate surface area is 160 Å². The summed E-state index contributed by atoms with van der Waals surface area (Å²) >= 11 is 6.98. The summed E-state index contributed by atoms with van der Waals surface area (Å²) in [4.78, 5) is 38.7. The van der Waals surface area contributed by atoms with Crippen LogP contribution in [0.2, 0.25) is 4.34 Å². The summed E-state index contributed by atoms with van der Waals surface area (Å²) in [6, 6.07) is 11.0. The van der Waals surface area contributed by atoms with Gasteiger partial charge < -0.3 is 9.64 Å². The van der Waals surface area contributed by atoms with Crippen molar-refractivity contribution in [1.29, 1.82) is 0 Å². The van der Waals surface area contributed by atoms with Crippen molar-refractivity contribution in [2.75, 3.05) is 11.4 Å². The number of thiophene rings is 1. The van der Waals surface area contributed by atoms with Crippen molar-refractivity contribution < 1.29 is 19.1 Å². The fraction of sp³-hybridized carbons (Fsp3) is 0.316. The van der Waals surface area contributed by atoms with Gasteiger partial charge in [0, 0.05) is 18.7 Å². The monoisotopic (exact) mass is 391 g/mol. The first-order valence-corrected chi connectivity index (χ1v) is 9.52. The molecule has 3 rings (SSSR count). The molecule has 136 valence electrons. The van der Waals surface area contributed by atoms with Crippen LogP contribution in [-0.2, 0) is 20.7 Å². The molecule has 1 aliphatic heterocycles. The number of amides is 1. The predicted molar refractivity (Wildman–Crippen MR) is 101 cm³/mol. The minimum absolute atomic E-state index is 0.0309. The third-order valence-electron chi connectivity index (χ3n) is 4.21. The van der Waals surface area contributed by atoms with Gasteiger partial charge in [0.1, 0.15) is 0 Å². The Bertz CT molecular complexity index is 848. The number of anilines is 1. The third kappa shape index (κ3) is 4.14. The van der Waals surface area contributed by atoms with Crippen LogP contribution in [0.25, 0.3) is 0 Å². The number of benzene rings is 1. The molecule has 2 heterocycles. The Morgan fingerprint density at radius 3 is 2.69 bits per heavy atom. The maximum absolute atomic E-state index is 12.6. The highest BCUT2D eigenvalue weighted by Gasteiger charge is 2.29. The van der Waals surface area contributed by atoms with Crippen LogP contribution >= 0.6 is 22.9 Å². The summed E-state index contributed by atoms with van der Waals surface area (Å²) in [5.74, 6) is -0.972. The normalized spacial score (nSPS) is 14.0. The molecule has 2 aromatic rings. The smallest absolute Gasteiger partial charge is 0.307 e. The number of halogens is 1. The van der Waals surface area contributed by atoms with Gasteiger partial charge in [-0.25, -0.2) is 0 Å². The summed E-state index contributed by atoms with van der Waals surface area (Å²) in [7, 11) is 0. The van der Waals surface area contributed by atoms with Crippen molar-refractivity contribution in [3.05, 3.63) is 51.2 Å². The van der Waals surface area contributed by atoms with Gasteiger partial charge in [0.05, 0.1) is 15.6 Å². The zero-order valence-electron chi connectivity index (χ0n) is 14.2. The molecule has 0 saturated carbocycles. The molecule has 0 saturated heterocycles. The number of ether oxygens (including phenoxy) is 1. The fourth-order valence-corrected chi connectivity index (χ4v) is 3.91. The number of Topliss-reactive ketones (excluding diaryl/α,β-unsaturated/α-hetero) is 1. The molecule has 1 atom stereocenters. The largest absolute Gasteiger partial charge is 0.453 e. The average molecular weight is 392 g/mol. The van der Waals surface area contributed by atoms with Crippen molar-refractivity contribution in [3.8, 4) is 0 Å². The molecule has 0 spiro atoms. The number of rotatable bonds is 6. The third-order valence-corrected chi connectivity index (χ3v) is 5.49. The van der Waals surface area contributed by atoms with E-state index in [1.54, 1.807) is 24.0 Å². The molecule has 1 amide bonds. The zero-order valence-corrected chi connectivity index (χ0v) is 15.8. The molecule has 5 nitrogen and oxygen atoms in total. The highest BCUT2D eigenvalue weighted by atomic mass is 35.5. The van der Waals surface area contributed by atoms with Crippen molar-refractivity contribution in [2.45, 2.75) is 32.3 Å². The lowest BCUT2D eigenvalue weighted by Gasteiger charge is -2.21. The molecule has 0 radical (unpaired) electrons. The summed E-state index contributed by atoms with van der Waals surface area (Å²) in [5.41, 5.74) is 1.98. The maximum Gasteiger partial charge on any atom is 0.307 e. The molecule has 7 heteroatoms. The van der Waals surface area contributed by atoms with E-state index in [0.29, 0.717) is 15.8 Å². The van der Waals surface area contributed by atoms with Crippen molar-refractivity contribution >= 4 is 46.3 Å². The Balaban J connectivity index is 1.51. The highest BCUT2D eigenvalue weighted by molar-refractivity contribution is 7.18. The SMILES string of the molecule is C[C@H](OC(=O)CCC(=O)c1ccc(Cl)s1)C(=O)N1CCc2ccccc21. The number of esters is 1. The molecule has 0 fully saturated rings. The van der Waals surface area contributed by atoms with Crippen molar-refractivity contribution in [3.63, 3.8) is 0 Å². The van der Waals surface area contributed by atoms with Gasteiger partial charge in [-0.3, -0.25) is 14.4 Å². The first-order valence-electron chi connectivity index (χ1n) is 8.33. The van der Waals surface area contributed by atoms with Crippen LogP contribution in [-0.4, -0.2) is 30.3 Å². The quantitative estimate of drug-likeness (QED) is 0.553. The van der Waals surface area contributed by atoms with Gasteiger partial charge in [-0.2, -0.15) is 0 Å². The second-order valence-electron chi connectivity index (χ2n) is 6.03. The number of carbonyl (C=O) groups excluding carboxylic acids is 3. The molecule has 1 aliphatic rings. The van der Waals surface area contributed by atoms with Gasteiger partial charge in [-0.1, -0.05) is 29.8 Å². The minimum Gasteiger partial charge on any atom is -0.453 e. The first kappa shape index (κ1) is 18.6. The Morgan fingerprint density at radius 1 is 1.19 bits per heavy atom. The van der Waals surface area contributed by atoms with Crippen LogP contribution < -0.4 is 4.90 Å². The molecular formula is C19H18ClNO4S. The standard InChI is InChI=1S/C19H18ClNO4S/c1-12(19(24)21-11-10-13-4-2-3-5-14(13)21)25-18(23)9-6-15(22)16-7-8-17(20)26-16/h2-5,7-8,12H,6,9-11H2,1H3/t12-/m0/s1. The van der Waals surface area contributed by atoms with E-state index < -0.39 is 12.1 Å². The molecule has 0 aliphatic carbocycles. The number of nitrogens with zero attached hydrogens (tertiary/aromatic N) is 1. The highest BCUT2D eigenvalue weighted by Crippen LogP contribution is 2.28. The second kappa shape index (κ2) is 8.01. The van der Waals surface area contributed by atoms with Crippen LogP contribution in [0.5, 0.6) is 0 Å². The lowest BCUT2D eigenvalue weighted by molar-refractivity contribution is -0.153. The van der Waals surface area contributed by atoms with Gasteiger partial charge >= 0.3 is 5.97 Å². The van der Waals surface area contributed by atoms with Gasteiger partial charge in [-0.15, -0.1) is 11.3 Å². The van der Waals surface area contributed by atoms with Crippen LogP contribution in [0.15, 0.2) is 36.4 Å². The predicted octanol–water partition coefficient (Wildman–Crippen LogP) is 3.89. The van der Waals surface area contributed by atoms with Crippen LogP contribution in [0.3, 0.4) is 0 Å². The molecule has 0 N–H and O–H groups in total. The number of ketones is 1. The number of para-hydroxylation sites is 1. The molecule has 26 heavy (non-hydrogen) atoms. The lowest BCUT2D eigenvalue weighted by Crippen LogP contribution is -2.39. The molecular weight excluding hydrogens is 374 g/mol.